The number of methoxy groups -OCH3 is 1. The summed E-state index contributed by atoms with van der Waals surface area (Å²) >= 11 is 6.00. The first-order chi connectivity index (χ1) is 14.0. The molecule has 2 heterocycles. The van der Waals surface area contributed by atoms with E-state index in [9.17, 15) is 9.59 Å². The molecule has 1 aromatic heterocycles. The van der Waals surface area contributed by atoms with E-state index in [4.69, 9.17) is 16.3 Å². The van der Waals surface area contributed by atoms with Crippen LogP contribution >= 0.6 is 11.6 Å². The fourth-order valence-electron chi connectivity index (χ4n) is 3.52. The van der Waals surface area contributed by atoms with Crippen LogP contribution in [0.3, 0.4) is 0 Å². The first-order valence-corrected chi connectivity index (χ1v) is 10.0. The molecule has 0 unspecified atom stereocenters. The van der Waals surface area contributed by atoms with Crippen molar-refractivity contribution in [1.82, 2.24) is 15.2 Å². The minimum Gasteiger partial charge on any atom is -0.495 e. The van der Waals surface area contributed by atoms with Gasteiger partial charge in [-0.2, -0.15) is 0 Å². The number of carbonyl (C=O) groups is 2. The predicted octanol–water partition coefficient (Wildman–Crippen LogP) is 3.24. The molecule has 0 radical (unpaired) electrons. The summed E-state index contributed by atoms with van der Waals surface area (Å²) in [5, 5.41) is 10.9. The van der Waals surface area contributed by atoms with Crippen molar-refractivity contribution >= 4 is 29.1 Å². The Balaban J connectivity index is 1.49. The molecule has 2 aromatic rings. The molecule has 0 saturated carbocycles. The van der Waals surface area contributed by atoms with Crippen molar-refractivity contribution in [3.8, 4) is 5.75 Å². The number of hydrogen-bond donors (Lipinski definition) is 1. The maximum atomic E-state index is 12.6. The number of nitrogens with one attached hydrogen (secondary N) is 1. The maximum Gasteiger partial charge on any atom is 0.228 e. The molecular formula is C20H25ClN4O4. The normalized spacial score (nSPS) is 16.5. The van der Waals surface area contributed by atoms with Crippen LogP contribution < -0.4 is 10.1 Å². The molecule has 1 N–H and O–H groups in total. The summed E-state index contributed by atoms with van der Waals surface area (Å²) in [4.78, 5) is 26.8. The van der Waals surface area contributed by atoms with E-state index in [-0.39, 0.29) is 24.2 Å². The average molecular weight is 421 g/mol. The minimum atomic E-state index is -0.0988. The Morgan fingerprint density at radius 3 is 2.93 bits per heavy atom. The lowest BCUT2D eigenvalue weighted by Crippen LogP contribution is -2.41. The summed E-state index contributed by atoms with van der Waals surface area (Å²) < 4.78 is 9.91. The van der Waals surface area contributed by atoms with Crippen molar-refractivity contribution in [1.29, 1.82) is 0 Å². The largest absolute Gasteiger partial charge is 0.495 e. The second kappa shape index (κ2) is 9.73. The van der Waals surface area contributed by atoms with Gasteiger partial charge in [-0.1, -0.05) is 21.9 Å². The van der Waals surface area contributed by atoms with Crippen LogP contribution in [0.5, 0.6) is 5.75 Å². The minimum absolute atomic E-state index is 0.0154. The van der Waals surface area contributed by atoms with E-state index in [1.807, 2.05) is 4.90 Å². The number of ether oxygens (including phenoxy) is 1. The third-order valence-corrected chi connectivity index (χ3v) is 5.39. The van der Waals surface area contributed by atoms with Gasteiger partial charge >= 0.3 is 0 Å². The van der Waals surface area contributed by atoms with Crippen LogP contribution in [0.1, 0.15) is 37.1 Å². The van der Waals surface area contributed by atoms with Crippen LogP contribution in [0.25, 0.3) is 0 Å². The van der Waals surface area contributed by atoms with Crippen LogP contribution in [0.15, 0.2) is 22.8 Å². The molecule has 1 saturated heterocycles. The smallest absolute Gasteiger partial charge is 0.228 e. The lowest BCUT2D eigenvalue weighted by atomic mass is 9.93. The fourth-order valence-corrected chi connectivity index (χ4v) is 3.69. The number of aryl methyl sites for hydroxylation is 1. The van der Waals surface area contributed by atoms with E-state index in [2.05, 4.69) is 20.3 Å². The van der Waals surface area contributed by atoms with Gasteiger partial charge in [0.2, 0.25) is 11.8 Å². The van der Waals surface area contributed by atoms with Crippen molar-refractivity contribution in [2.45, 2.75) is 39.0 Å². The van der Waals surface area contributed by atoms with Gasteiger partial charge in [0.1, 0.15) is 17.1 Å². The molecule has 29 heavy (non-hydrogen) atoms. The highest BCUT2D eigenvalue weighted by molar-refractivity contribution is 6.31. The van der Waals surface area contributed by atoms with Gasteiger partial charge in [-0.25, -0.2) is 4.63 Å². The Morgan fingerprint density at radius 2 is 2.21 bits per heavy atom. The number of piperidine rings is 1. The lowest BCUT2D eigenvalue weighted by Gasteiger charge is -2.32. The van der Waals surface area contributed by atoms with Crippen LogP contribution in [-0.2, 0) is 16.0 Å². The molecule has 0 aliphatic carbocycles. The van der Waals surface area contributed by atoms with E-state index in [1.165, 1.54) is 0 Å². The van der Waals surface area contributed by atoms with Gasteiger partial charge in [0.25, 0.3) is 0 Å². The highest BCUT2D eigenvalue weighted by Gasteiger charge is 2.25. The van der Waals surface area contributed by atoms with Gasteiger partial charge in [0.05, 0.1) is 19.2 Å². The summed E-state index contributed by atoms with van der Waals surface area (Å²) in [5.74, 6) is 0.769. The van der Waals surface area contributed by atoms with Gasteiger partial charge in [0, 0.05) is 24.5 Å². The first-order valence-electron chi connectivity index (χ1n) is 9.65. The SMILES string of the molecule is COc1ccc(Cl)cc1NC(=O)CC[C@H]1CCCN(C(=O)Cc2nonc2C)C1. The summed E-state index contributed by atoms with van der Waals surface area (Å²) in [6, 6.07) is 5.09. The van der Waals surface area contributed by atoms with E-state index in [0.29, 0.717) is 47.2 Å². The lowest BCUT2D eigenvalue weighted by molar-refractivity contribution is -0.132. The Hall–Kier alpha value is -2.61. The van der Waals surface area contributed by atoms with Crippen molar-refractivity contribution in [2.24, 2.45) is 5.92 Å². The molecular weight excluding hydrogens is 396 g/mol. The number of carbonyl (C=O) groups excluding carboxylic acids is 2. The number of nitrogens with zero attached hydrogens (tertiary/aromatic N) is 3. The quantitative estimate of drug-likeness (QED) is 0.738. The number of hydrogen-bond acceptors (Lipinski definition) is 6. The van der Waals surface area contributed by atoms with Gasteiger partial charge in [-0.05, 0) is 50.3 Å². The molecule has 1 aliphatic heterocycles. The monoisotopic (exact) mass is 420 g/mol. The van der Waals surface area contributed by atoms with Crippen LogP contribution in [0.4, 0.5) is 5.69 Å². The summed E-state index contributed by atoms with van der Waals surface area (Å²) in [7, 11) is 1.54. The van der Waals surface area contributed by atoms with Crippen molar-refractivity contribution in [3.05, 3.63) is 34.6 Å². The number of amides is 2. The molecule has 1 fully saturated rings. The summed E-state index contributed by atoms with van der Waals surface area (Å²) in [6.45, 7) is 3.15. The molecule has 9 heteroatoms. The summed E-state index contributed by atoms with van der Waals surface area (Å²) in [6.07, 6.45) is 3.20. The molecule has 1 aromatic carbocycles. The zero-order valence-corrected chi connectivity index (χ0v) is 17.4. The maximum absolute atomic E-state index is 12.6. The van der Waals surface area contributed by atoms with Crippen molar-refractivity contribution in [2.75, 3.05) is 25.5 Å². The van der Waals surface area contributed by atoms with Gasteiger partial charge in [-0.15, -0.1) is 0 Å². The standard InChI is InChI=1S/C20H25ClN4O4/c1-13-16(24-29-23-13)11-20(27)25-9-3-4-14(12-25)5-8-19(26)22-17-10-15(21)6-7-18(17)28-2/h6-7,10,14H,3-5,8-9,11-12H2,1-2H3,(H,22,26)/t14-/m1/s1. The Morgan fingerprint density at radius 1 is 1.38 bits per heavy atom. The molecule has 2 amide bonds. The average Bonchev–Trinajstić information content (AvgIpc) is 3.11. The van der Waals surface area contributed by atoms with Crippen molar-refractivity contribution in [3.63, 3.8) is 0 Å². The van der Waals surface area contributed by atoms with E-state index in [0.717, 1.165) is 19.4 Å². The zero-order chi connectivity index (χ0) is 20.8. The second-order valence-corrected chi connectivity index (χ2v) is 7.69. The third-order valence-electron chi connectivity index (χ3n) is 5.15. The van der Waals surface area contributed by atoms with E-state index < -0.39 is 0 Å². The van der Waals surface area contributed by atoms with Crippen molar-refractivity contribution < 1.29 is 19.0 Å². The molecule has 8 nitrogen and oxygen atoms in total. The summed E-state index contributed by atoms with van der Waals surface area (Å²) in [5.41, 5.74) is 1.77. The van der Waals surface area contributed by atoms with Crippen LogP contribution in [-0.4, -0.2) is 47.2 Å². The molecule has 156 valence electrons. The number of rotatable bonds is 7. The topological polar surface area (TPSA) is 97.6 Å². The molecule has 0 spiro atoms. The number of anilines is 1. The second-order valence-electron chi connectivity index (χ2n) is 7.25. The molecule has 0 bridgehead atoms. The zero-order valence-electron chi connectivity index (χ0n) is 16.6. The molecule has 1 aliphatic rings. The van der Waals surface area contributed by atoms with E-state index >= 15 is 0 Å². The third kappa shape index (κ3) is 5.69. The van der Waals surface area contributed by atoms with Gasteiger partial charge < -0.3 is 15.0 Å². The predicted molar refractivity (Wildman–Crippen MR) is 108 cm³/mol. The first kappa shape index (κ1) is 21.1. The Labute approximate surface area is 174 Å². The fraction of sp³-hybridized carbons (Fsp3) is 0.500. The number of aromatic nitrogens is 2. The van der Waals surface area contributed by atoms with Gasteiger partial charge in [-0.3, -0.25) is 9.59 Å². The number of likely N-dealkylation sites (tertiary alicyclic amines) is 1. The Bertz CT molecular complexity index is 870. The molecule has 1 atom stereocenters. The van der Waals surface area contributed by atoms with E-state index in [1.54, 1.807) is 32.2 Å². The van der Waals surface area contributed by atoms with Crippen LogP contribution in [0.2, 0.25) is 5.02 Å². The molecule has 3 rings (SSSR count). The van der Waals surface area contributed by atoms with Gasteiger partial charge in [0.15, 0.2) is 0 Å². The highest BCUT2D eigenvalue weighted by Crippen LogP contribution is 2.28. The highest BCUT2D eigenvalue weighted by atomic mass is 35.5. The number of benzene rings is 1. The number of halogens is 1. The van der Waals surface area contributed by atoms with Crippen LogP contribution in [0, 0.1) is 12.8 Å². The Kier molecular flexibility index (Phi) is 7.09.